The topological polar surface area (TPSA) is 75.7 Å². The van der Waals surface area contributed by atoms with E-state index in [1.54, 1.807) is 24.8 Å². The van der Waals surface area contributed by atoms with Gasteiger partial charge in [-0.25, -0.2) is 4.79 Å². The summed E-state index contributed by atoms with van der Waals surface area (Å²) in [5.74, 6) is 1.31. The van der Waals surface area contributed by atoms with Gasteiger partial charge in [-0.1, -0.05) is 20.3 Å². The summed E-state index contributed by atoms with van der Waals surface area (Å²) in [6.45, 7) is 4.63. The molecular formula is C18H26N2O4. The van der Waals surface area contributed by atoms with E-state index in [-0.39, 0.29) is 6.04 Å². The Hall–Kier alpha value is -2.21. The number of methoxy groups -OCH3 is 2. The summed E-state index contributed by atoms with van der Waals surface area (Å²) in [5.41, 5.74) is 7.37. The molecule has 1 heterocycles. The number of fused-ring (bicyclic) bond motifs is 1. The molecule has 2 N–H and O–H groups in total. The van der Waals surface area contributed by atoms with Crippen molar-refractivity contribution in [1.29, 1.82) is 0 Å². The highest BCUT2D eigenvalue weighted by Crippen LogP contribution is 2.35. The van der Waals surface area contributed by atoms with Crippen LogP contribution in [0, 0.1) is 5.92 Å². The minimum absolute atomic E-state index is 0.0454. The van der Waals surface area contributed by atoms with Crippen molar-refractivity contribution in [2.24, 2.45) is 18.7 Å². The lowest BCUT2D eigenvalue weighted by Crippen LogP contribution is -2.34. The molecular weight excluding hydrogens is 308 g/mol. The summed E-state index contributed by atoms with van der Waals surface area (Å²) in [5, 5.41) is 0.800. The van der Waals surface area contributed by atoms with E-state index in [9.17, 15) is 4.79 Å². The standard InChI is InChI=1S/C18H26N2O4/c1-6-11(2)13(19)10-24-15-7-8-16(22-4)17-12(15)9-14(20(17)3)18(21)23-5/h7-9,11,13H,6,10,19H2,1-5H3/t11-,13+/m0/s1. The largest absolute Gasteiger partial charge is 0.495 e. The second kappa shape index (κ2) is 7.57. The van der Waals surface area contributed by atoms with Crippen LogP contribution in [0.3, 0.4) is 0 Å². The summed E-state index contributed by atoms with van der Waals surface area (Å²) in [4.78, 5) is 12.0. The fourth-order valence-electron chi connectivity index (χ4n) is 2.65. The number of esters is 1. The van der Waals surface area contributed by atoms with Crippen LogP contribution >= 0.6 is 0 Å². The van der Waals surface area contributed by atoms with Crippen LogP contribution in [0.4, 0.5) is 0 Å². The molecule has 6 nitrogen and oxygen atoms in total. The number of nitrogens with zero attached hydrogens (tertiary/aromatic N) is 1. The third kappa shape index (κ3) is 3.33. The number of hydrogen-bond acceptors (Lipinski definition) is 5. The number of carbonyl (C=O) groups is 1. The Balaban J connectivity index is 2.43. The third-order valence-corrected chi connectivity index (χ3v) is 4.54. The number of carbonyl (C=O) groups excluding carboxylic acids is 1. The van der Waals surface area contributed by atoms with Gasteiger partial charge >= 0.3 is 5.97 Å². The van der Waals surface area contributed by atoms with Gasteiger partial charge in [0.05, 0.1) is 19.7 Å². The molecule has 0 aliphatic carbocycles. The Bertz CT molecular complexity index is 723. The molecule has 0 bridgehead atoms. The Labute approximate surface area is 142 Å². The van der Waals surface area contributed by atoms with Crippen molar-refractivity contribution in [3.63, 3.8) is 0 Å². The second-order valence-electron chi connectivity index (χ2n) is 5.97. The molecule has 132 valence electrons. The number of hydrogen-bond donors (Lipinski definition) is 1. The van der Waals surface area contributed by atoms with Crippen LogP contribution in [0.5, 0.6) is 11.5 Å². The lowest BCUT2D eigenvalue weighted by atomic mass is 10.0. The highest BCUT2D eigenvalue weighted by molar-refractivity contribution is 6.00. The summed E-state index contributed by atoms with van der Waals surface area (Å²) >= 11 is 0. The molecule has 2 atom stereocenters. The monoisotopic (exact) mass is 334 g/mol. The molecule has 0 aliphatic heterocycles. The second-order valence-corrected chi connectivity index (χ2v) is 5.97. The van der Waals surface area contributed by atoms with E-state index in [0.29, 0.717) is 29.7 Å². The van der Waals surface area contributed by atoms with Crippen LogP contribution in [0.15, 0.2) is 18.2 Å². The fraction of sp³-hybridized carbons (Fsp3) is 0.500. The first kappa shape index (κ1) is 18.1. The highest BCUT2D eigenvalue weighted by Gasteiger charge is 2.20. The van der Waals surface area contributed by atoms with Gasteiger partial charge in [0.1, 0.15) is 23.8 Å². The molecule has 24 heavy (non-hydrogen) atoms. The van der Waals surface area contributed by atoms with Crippen molar-refractivity contribution in [3.05, 3.63) is 23.9 Å². The number of rotatable bonds is 7. The molecule has 2 rings (SSSR count). The predicted molar refractivity (Wildman–Crippen MR) is 93.7 cm³/mol. The number of benzene rings is 1. The van der Waals surface area contributed by atoms with Crippen LogP contribution in [-0.2, 0) is 11.8 Å². The van der Waals surface area contributed by atoms with Crippen LogP contribution < -0.4 is 15.2 Å². The van der Waals surface area contributed by atoms with Crippen molar-refractivity contribution in [2.75, 3.05) is 20.8 Å². The van der Waals surface area contributed by atoms with E-state index in [0.717, 1.165) is 17.3 Å². The number of ether oxygens (including phenoxy) is 3. The quantitative estimate of drug-likeness (QED) is 0.788. The summed E-state index contributed by atoms with van der Waals surface area (Å²) in [7, 11) is 4.75. The first-order valence-electron chi connectivity index (χ1n) is 8.07. The molecule has 0 saturated carbocycles. The molecule has 1 aromatic heterocycles. The molecule has 0 saturated heterocycles. The van der Waals surface area contributed by atoms with Crippen molar-refractivity contribution in [1.82, 2.24) is 4.57 Å². The Morgan fingerprint density at radius 1 is 1.29 bits per heavy atom. The first-order valence-corrected chi connectivity index (χ1v) is 8.07. The maximum Gasteiger partial charge on any atom is 0.354 e. The number of aromatic nitrogens is 1. The zero-order valence-corrected chi connectivity index (χ0v) is 15.0. The van der Waals surface area contributed by atoms with E-state index in [1.165, 1.54) is 7.11 Å². The van der Waals surface area contributed by atoms with Crippen molar-refractivity contribution in [2.45, 2.75) is 26.3 Å². The SMILES string of the molecule is CC[C@H](C)[C@H](N)COc1ccc(OC)c2c1cc(C(=O)OC)n2C. The maximum absolute atomic E-state index is 12.0. The minimum Gasteiger partial charge on any atom is -0.495 e. The molecule has 1 aromatic carbocycles. The predicted octanol–water partition coefficient (Wildman–Crippen LogP) is 2.73. The molecule has 0 fully saturated rings. The van der Waals surface area contributed by atoms with Crippen LogP contribution in [-0.4, -0.2) is 37.4 Å². The third-order valence-electron chi connectivity index (χ3n) is 4.54. The van der Waals surface area contributed by atoms with Gasteiger partial charge in [-0.05, 0) is 24.1 Å². The Morgan fingerprint density at radius 3 is 2.54 bits per heavy atom. The Kier molecular flexibility index (Phi) is 5.72. The van der Waals surface area contributed by atoms with E-state index in [2.05, 4.69) is 13.8 Å². The summed E-state index contributed by atoms with van der Waals surface area (Å²) < 4.78 is 18.0. The van der Waals surface area contributed by atoms with Gasteiger partial charge in [-0.15, -0.1) is 0 Å². The maximum atomic E-state index is 12.0. The molecule has 6 heteroatoms. The average molecular weight is 334 g/mol. The van der Waals surface area contributed by atoms with E-state index < -0.39 is 5.97 Å². The van der Waals surface area contributed by atoms with E-state index >= 15 is 0 Å². The zero-order chi connectivity index (χ0) is 17.9. The summed E-state index contributed by atoms with van der Waals surface area (Å²) in [6.07, 6.45) is 1.00. The Morgan fingerprint density at radius 2 is 1.96 bits per heavy atom. The number of nitrogens with two attached hydrogens (primary N) is 1. The van der Waals surface area contributed by atoms with Gasteiger partial charge in [-0.3, -0.25) is 0 Å². The smallest absolute Gasteiger partial charge is 0.354 e. The molecule has 0 aliphatic rings. The van der Waals surface area contributed by atoms with Crippen LogP contribution in [0.2, 0.25) is 0 Å². The normalized spacial score (nSPS) is 13.6. The molecule has 0 unspecified atom stereocenters. The molecule has 0 amide bonds. The van der Waals surface area contributed by atoms with Gasteiger partial charge < -0.3 is 24.5 Å². The van der Waals surface area contributed by atoms with Crippen LogP contribution in [0.25, 0.3) is 10.9 Å². The van der Waals surface area contributed by atoms with Gasteiger partial charge in [0, 0.05) is 18.5 Å². The summed E-state index contributed by atoms with van der Waals surface area (Å²) in [6, 6.07) is 5.38. The average Bonchev–Trinajstić information content (AvgIpc) is 2.96. The van der Waals surface area contributed by atoms with Crippen molar-refractivity contribution in [3.8, 4) is 11.5 Å². The van der Waals surface area contributed by atoms with E-state index in [1.807, 2.05) is 12.1 Å². The van der Waals surface area contributed by atoms with Gasteiger partial charge in [0.15, 0.2) is 0 Å². The van der Waals surface area contributed by atoms with Crippen molar-refractivity contribution < 1.29 is 19.0 Å². The lowest BCUT2D eigenvalue weighted by Gasteiger charge is -2.19. The lowest BCUT2D eigenvalue weighted by molar-refractivity contribution is 0.0590. The molecule has 2 aromatic rings. The van der Waals surface area contributed by atoms with Gasteiger partial charge in [-0.2, -0.15) is 0 Å². The molecule has 0 spiro atoms. The van der Waals surface area contributed by atoms with Crippen LogP contribution in [0.1, 0.15) is 30.8 Å². The molecule has 0 radical (unpaired) electrons. The minimum atomic E-state index is -0.405. The van der Waals surface area contributed by atoms with Gasteiger partial charge in [0.2, 0.25) is 0 Å². The van der Waals surface area contributed by atoms with Gasteiger partial charge in [0.25, 0.3) is 0 Å². The first-order chi connectivity index (χ1) is 11.4. The zero-order valence-electron chi connectivity index (χ0n) is 15.0. The number of aryl methyl sites for hydroxylation is 1. The van der Waals surface area contributed by atoms with E-state index in [4.69, 9.17) is 19.9 Å². The highest BCUT2D eigenvalue weighted by atomic mass is 16.5. The van der Waals surface area contributed by atoms with Crippen molar-refractivity contribution >= 4 is 16.9 Å². The fourth-order valence-corrected chi connectivity index (χ4v) is 2.65.